The van der Waals surface area contributed by atoms with Crippen LogP contribution in [0, 0.1) is 0 Å². The van der Waals surface area contributed by atoms with Crippen LogP contribution in [-0.4, -0.2) is 20.7 Å². The van der Waals surface area contributed by atoms with Crippen molar-refractivity contribution >= 4 is 29.1 Å². The Morgan fingerprint density at radius 1 is 1.07 bits per heavy atom. The number of nitrogens with one attached hydrogen (secondary N) is 1. The Bertz CT molecular complexity index is 981. The summed E-state index contributed by atoms with van der Waals surface area (Å²) in [5.41, 5.74) is 3.44. The van der Waals surface area contributed by atoms with Gasteiger partial charge in [-0.15, -0.1) is 0 Å². The lowest BCUT2D eigenvalue weighted by molar-refractivity contribution is 0.0950. The molecule has 7 heteroatoms. The molecule has 1 amide bonds. The van der Waals surface area contributed by atoms with Crippen LogP contribution in [0.4, 0.5) is 0 Å². The van der Waals surface area contributed by atoms with Crippen molar-refractivity contribution in [3.63, 3.8) is 0 Å². The SMILES string of the molecule is O=C(NCc1cc(-c2ccncc2)n(C2CCCC2)n1)c1ccc(Cl)c(Cl)c1. The van der Waals surface area contributed by atoms with Gasteiger partial charge in [0.1, 0.15) is 0 Å². The minimum absolute atomic E-state index is 0.209. The van der Waals surface area contributed by atoms with Crippen molar-refractivity contribution < 1.29 is 4.79 Å². The summed E-state index contributed by atoms with van der Waals surface area (Å²) >= 11 is 11.9. The van der Waals surface area contributed by atoms with Crippen LogP contribution in [0.5, 0.6) is 0 Å². The third-order valence-electron chi connectivity index (χ3n) is 5.04. The molecule has 0 aliphatic heterocycles. The number of nitrogens with zero attached hydrogens (tertiary/aromatic N) is 3. The highest BCUT2D eigenvalue weighted by atomic mass is 35.5. The number of halogens is 2. The third-order valence-corrected chi connectivity index (χ3v) is 5.78. The highest BCUT2D eigenvalue weighted by molar-refractivity contribution is 6.42. The van der Waals surface area contributed by atoms with E-state index in [1.807, 2.05) is 18.2 Å². The van der Waals surface area contributed by atoms with E-state index in [0.717, 1.165) is 29.8 Å². The van der Waals surface area contributed by atoms with Crippen molar-refractivity contribution in [3.05, 3.63) is 70.1 Å². The van der Waals surface area contributed by atoms with Gasteiger partial charge in [0.15, 0.2) is 0 Å². The minimum Gasteiger partial charge on any atom is -0.346 e. The van der Waals surface area contributed by atoms with Gasteiger partial charge in [-0.2, -0.15) is 5.10 Å². The first-order valence-electron chi connectivity index (χ1n) is 9.34. The molecule has 0 spiro atoms. The molecular formula is C21H20Cl2N4O. The summed E-state index contributed by atoms with van der Waals surface area (Å²) in [4.78, 5) is 16.5. The second-order valence-corrected chi connectivity index (χ2v) is 7.77. The van der Waals surface area contributed by atoms with Gasteiger partial charge >= 0.3 is 0 Å². The fourth-order valence-electron chi connectivity index (χ4n) is 3.61. The number of hydrogen-bond donors (Lipinski definition) is 1. The Balaban J connectivity index is 1.54. The van der Waals surface area contributed by atoms with Crippen LogP contribution in [0.25, 0.3) is 11.3 Å². The van der Waals surface area contributed by atoms with Gasteiger partial charge in [-0.25, -0.2) is 0 Å². The molecular weight excluding hydrogens is 395 g/mol. The van der Waals surface area contributed by atoms with Crippen LogP contribution in [0.15, 0.2) is 48.8 Å². The number of carbonyl (C=O) groups is 1. The molecule has 144 valence electrons. The van der Waals surface area contributed by atoms with E-state index in [0.29, 0.717) is 28.2 Å². The minimum atomic E-state index is -0.209. The summed E-state index contributed by atoms with van der Waals surface area (Å²) in [5.74, 6) is -0.209. The smallest absolute Gasteiger partial charge is 0.251 e. The topological polar surface area (TPSA) is 59.8 Å². The largest absolute Gasteiger partial charge is 0.346 e. The third kappa shape index (κ3) is 4.05. The van der Waals surface area contributed by atoms with Gasteiger partial charge in [0.25, 0.3) is 5.91 Å². The Labute approximate surface area is 173 Å². The Morgan fingerprint density at radius 3 is 2.54 bits per heavy atom. The second kappa shape index (κ2) is 8.33. The summed E-state index contributed by atoms with van der Waals surface area (Å²) < 4.78 is 2.11. The van der Waals surface area contributed by atoms with Crippen LogP contribution in [-0.2, 0) is 6.54 Å². The maximum atomic E-state index is 12.4. The van der Waals surface area contributed by atoms with Crippen LogP contribution in [0.3, 0.4) is 0 Å². The van der Waals surface area contributed by atoms with Crippen LogP contribution in [0.1, 0.15) is 47.8 Å². The first-order chi connectivity index (χ1) is 13.6. The number of aromatic nitrogens is 3. The highest BCUT2D eigenvalue weighted by Gasteiger charge is 2.22. The molecule has 0 atom stereocenters. The fourth-order valence-corrected chi connectivity index (χ4v) is 3.91. The van der Waals surface area contributed by atoms with Crippen molar-refractivity contribution in [1.29, 1.82) is 0 Å². The number of pyridine rings is 1. The van der Waals surface area contributed by atoms with Crippen LogP contribution in [0.2, 0.25) is 10.0 Å². The zero-order chi connectivity index (χ0) is 19.5. The number of hydrogen-bond acceptors (Lipinski definition) is 3. The van der Waals surface area contributed by atoms with E-state index < -0.39 is 0 Å². The molecule has 4 rings (SSSR count). The summed E-state index contributed by atoms with van der Waals surface area (Å²) in [6.45, 7) is 0.344. The average molecular weight is 415 g/mol. The molecule has 0 bridgehead atoms. The lowest BCUT2D eigenvalue weighted by Gasteiger charge is -2.14. The fraction of sp³-hybridized carbons (Fsp3) is 0.286. The van der Waals surface area contributed by atoms with Gasteiger partial charge in [-0.1, -0.05) is 36.0 Å². The molecule has 2 heterocycles. The zero-order valence-electron chi connectivity index (χ0n) is 15.2. The molecule has 1 aliphatic carbocycles. The standard InChI is InChI=1S/C21H20Cl2N4O/c22-18-6-5-15(11-19(18)23)21(28)25-13-16-12-20(14-7-9-24-10-8-14)27(26-16)17-3-1-2-4-17/h5-12,17H,1-4,13H2,(H,25,28). The van der Waals surface area contributed by atoms with E-state index in [1.165, 1.54) is 12.8 Å². The predicted molar refractivity (Wildman–Crippen MR) is 111 cm³/mol. The maximum Gasteiger partial charge on any atom is 0.251 e. The van der Waals surface area contributed by atoms with Crippen molar-refractivity contribution in [2.45, 2.75) is 38.3 Å². The number of carbonyl (C=O) groups excluding carboxylic acids is 1. The van der Waals surface area contributed by atoms with Crippen molar-refractivity contribution in [3.8, 4) is 11.3 Å². The van der Waals surface area contributed by atoms with Crippen LogP contribution >= 0.6 is 23.2 Å². The van der Waals surface area contributed by atoms with Gasteiger partial charge in [0.05, 0.1) is 34.0 Å². The molecule has 28 heavy (non-hydrogen) atoms. The van der Waals surface area contributed by atoms with E-state index >= 15 is 0 Å². The summed E-state index contributed by atoms with van der Waals surface area (Å²) in [7, 11) is 0. The Hall–Kier alpha value is -2.37. The van der Waals surface area contributed by atoms with Gasteiger partial charge in [-0.05, 0) is 49.2 Å². The molecule has 1 N–H and O–H groups in total. The Kier molecular flexibility index (Phi) is 5.64. The first kappa shape index (κ1) is 19.0. The van der Waals surface area contributed by atoms with E-state index in [1.54, 1.807) is 30.6 Å². The van der Waals surface area contributed by atoms with Crippen molar-refractivity contribution in [2.75, 3.05) is 0 Å². The molecule has 1 aliphatic rings. The monoisotopic (exact) mass is 414 g/mol. The lowest BCUT2D eigenvalue weighted by Crippen LogP contribution is -2.23. The number of benzene rings is 1. The van der Waals surface area contributed by atoms with Gasteiger partial charge in [0.2, 0.25) is 0 Å². The first-order valence-corrected chi connectivity index (χ1v) is 10.1. The molecule has 1 fully saturated rings. The molecule has 2 aromatic heterocycles. The molecule has 0 saturated heterocycles. The molecule has 0 radical (unpaired) electrons. The van der Waals surface area contributed by atoms with Gasteiger partial charge < -0.3 is 5.32 Å². The number of amides is 1. The highest BCUT2D eigenvalue weighted by Crippen LogP contribution is 2.33. The quantitative estimate of drug-likeness (QED) is 0.616. The number of rotatable bonds is 5. The zero-order valence-corrected chi connectivity index (χ0v) is 16.7. The summed E-state index contributed by atoms with van der Waals surface area (Å²) in [6, 6.07) is 11.3. The molecule has 1 saturated carbocycles. The second-order valence-electron chi connectivity index (χ2n) is 6.95. The van der Waals surface area contributed by atoms with E-state index in [4.69, 9.17) is 28.3 Å². The molecule has 5 nitrogen and oxygen atoms in total. The molecule has 1 aromatic carbocycles. The van der Waals surface area contributed by atoms with E-state index in [2.05, 4.69) is 15.0 Å². The van der Waals surface area contributed by atoms with Crippen molar-refractivity contribution in [1.82, 2.24) is 20.1 Å². The van der Waals surface area contributed by atoms with Crippen molar-refractivity contribution in [2.24, 2.45) is 0 Å². The van der Waals surface area contributed by atoms with Gasteiger partial charge in [-0.3, -0.25) is 14.5 Å². The predicted octanol–water partition coefficient (Wildman–Crippen LogP) is 5.30. The van der Waals surface area contributed by atoms with E-state index in [9.17, 15) is 4.79 Å². The normalized spacial score (nSPS) is 14.4. The molecule has 0 unspecified atom stereocenters. The lowest BCUT2D eigenvalue weighted by atomic mass is 10.1. The van der Waals surface area contributed by atoms with Crippen LogP contribution < -0.4 is 5.32 Å². The Morgan fingerprint density at radius 2 is 1.82 bits per heavy atom. The summed E-state index contributed by atoms with van der Waals surface area (Å²) in [5, 5.41) is 8.50. The van der Waals surface area contributed by atoms with Gasteiger partial charge in [0, 0.05) is 23.5 Å². The molecule has 3 aromatic rings. The summed E-state index contributed by atoms with van der Waals surface area (Å²) in [6.07, 6.45) is 8.29. The van der Waals surface area contributed by atoms with E-state index in [-0.39, 0.29) is 5.91 Å². The maximum absolute atomic E-state index is 12.4. The average Bonchev–Trinajstić information content (AvgIpc) is 3.38.